The second kappa shape index (κ2) is 7.09. The molecule has 2 unspecified atom stereocenters. The third-order valence-electron chi connectivity index (χ3n) is 8.97. The number of hydrogen-bond donors (Lipinski definition) is 0. The lowest BCUT2D eigenvalue weighted by Gasteiger charge is -2.56. The molecule has 3 aliphatic carbocycles. The van der Waals surface area contributed by atoms with Crippen LogP contribution in [0.2, 0.25) is 0 Å². The van der Waals surface area contributed by atoms with E-state index in [0.717, 1.165) is 44.9 Å². The first kappa shape index (κ1) is 20.3. The van der Waals surface area contributed by atoms with E-state index in [2.05, 4.69) is 20.8 Å². The largest absolute Gasteiger partial charge is 0.462 e. The molecule has 1 saturated heterocycles. The Balaban J connectivity index is 1.64. The number of ether oxygens (including phenoxy) is 3. The van der Waals surface area contributed by atoms with Crippen LogP contribution < -0.4 is 0 Å². The molecule has 158 valence electrons. The number of aldehydes is 1. The van der Waals surface area contributed by atoms with Crippen LogP contribution >= 0.6 is 0 Å². The van der Waals surface area contributed by atoms with E-state index in [4.69, 9.17) is 14.2 Å². The number of hydrogen-bond acceptors (Lipinski definition) is 5. The predicted octanol–water partition coefficient (Wildman–Crippen LogP) is 4.13. The van der Waals surface area contributed by atoms with Gasteiger partial charge in [0.25, 0.3) is 0 Å². The van der Waals surface area contributed by atoms with Crippen LogP contribution in [-0.2, 0) is 23.8 Å². The minimum atomic E-state index is -0.499. The van der Waals surface area contributed by atoms with Crippen molar-refractivity contribution in [3.8, 4) is 0 Å². The molecule has 1 aliphatic heterocycles. The van der Waals surface area contributed by atoms with Crippen LogP contribution in [0.15, 0.2) is 0 Å². The van der Waals surface area contributed by atoms with Gasteiger partial charge in [-0.05, 0) is 56.3 Å². The SMILES string of the molecule is CC(=O)O[C@H]1C[C@@H](C)CC[C@]1(C)C1CC[C@@]2(C)C(CCC23OCCO3)[C@@H]1C=O. The average molecular weight is 393 g/mol. The van der Waals surface area contributed by atoms with Gasteiger partial charge in [0.05, 0.1) is 13.2 Å². The van der Waals surface area contributed by atoms with E-state index in [1.165, 1.54) is 13.2 Å². The van der Waals surface area contributed by atoms with Gasteiger partial charge in [-0.15, -0.1) is 0 Å². The molecule has 0 amide bonds. The number of fused-ring (bicyclic) bond motifs is 2. The van der Waals surface area contributed by atoms with Crippen molar-refractivity contribution >= 4 is 12.3 Å². The van der Waals surface area contributed by atoms with E-state index < -0.39 is 5.79 Å². The topological polar surface area (TPSA) is 61.8 Å². The minimum absolute atomic E-state index is 0.0256. The molecule has 28 heavy (non-hydrogen) atoms. The molecule has 0 bridgehead atoms. The van der Waals surface area contributed by atoms with Crippen LogP contribution in [0.3, 0.4) is 0 Å². The second-order valence-corrected chi connectivity index (χ2v) is 10.4. The van der Waals surface area contributed by atoms with E-state index in [1.807, 2.05) is 0 Å². The minimum Gasteiger partial charge on any atom is -0.462 e. The molecular formula is C23H36O5. The number of rotatable bonds is 3. The Kier molecular flexibility index (Phi) is 5.15. The van der Waals surface area contributed by atoms with Crippen molar-refractivity contribution in [1.82, 2.24) is 0 Å². The zero-order chi connectivity index (χ0) is 20.2. The fourth-order valence-electron chi connectivity index (χ4n) is 7.32. The van der Waals surface area contributed by atoms with Crippen LogP contribution in [0.25, 0.3) is 0 Å². The highest BCUT2D eigenvalue weighted by molar-refractivity contribution is 5.66. The molecule has 0 aromatic carbocycles. The first-order chi connectivity index (χ1) is 13.3. The molecule has 3 saturated carbocycles. The summed E-state index contributed by atoms with van der Waals surface area (Å²) in [6.07, 6.45) is 7.98. The molecule has 4 aliphatic rings. The van der Waals surface area contributed by atoms with Gasteiger partial charge in [-0.1, -0.05) is 20.8 Å². The van der Waals surface area contributed by atoms with E-state index in [-0.39, 0.29) is 40.7 Å². The van der Waals surface area contributed by atoms with Crippen molar-refractivity contribution in [2.24, 2.45) is 34.5 Å². The van der Waals surface area contributed by atoms with Crippen LogP contribution in [0, 0.1) is 34.5 Å². The fourth-order valence-corrected chi connectivity index (χ4v) is 7.32. The number of carbonyl (C=O) groups excluding carboxylic acids is 2. The van der Waals surface area contributed by atoms with E-state index in [0.29, 0.717) is 19.1 Å². The molecule has 0 N–H and O–H groups in total. The van der Waals surface area contributed by atoms with Gasteiger partial charge in [0.2, 0.25) is 0 Å². The van der Waals surface area contributed by atoms with Crippen molar-refractivity contribution in [1.29, 1.82) is 0 Å². The van der Waals surface area contributed by atoms with Gasteiger partial charge in [-0.25, -0.2) is 0 Å². The Bertz CT molecular complexity index is 626. The van der Waals surface area contributed by atoms with Gasteiger partial charge in [-0.2, -0.15) is 0 Å². The average Bonchev–Trinajstić information content (AvgIpc) is 3.24. The lowest BCUT2D eigenvalue weighted by atomic mass is 9.50. The summed E-state index contributed by atoms with van der Waals surface area (Å²) in [4.78, 5) is 24.3. The molecular weight excluding hydrogens is 356 g/mol. The van der Waals surface area contributed by atoms with E-state index in [9.17, 15) is 9.59 Å². The van der Waals surface area contributed by atoms with Gasteiger partial charge in [0.1, 0.15) is 12.4 Å². The molecule has 1 heterocycles. The van der Waals surface area contributed by atoms with Gasteiger partial charge in [0.15, 0.2) is 5.79 Å². The number of carbonyl (C=O) groups is 2. The van der Waals surface area contributed by atoms with Gasteiger partial charge in [0, 0.05) is 30.1 Å². The fraction of sp³-hybridized carbons (Fsp3) is 0.913. The first-order valence-corrected chi connectivity index (χ1v) is 11.2. The Morgan fingerprint density at radius 2 is 1.71 bits per heavy atom. The molecule has 5 nitrogen and oxygen atoms in total. The zero-order valence-electron chi connectivity index (χ0n) is 17.9. The predicted molar refractivity (Wildman–Crippen MR) is 104 cm³/mol. The Hall–Kier alpha value is -0.940. The smallest absolute Gasteiger partial charge is 0.302 e. The highest BCUT2D eigenvalue weighted by atomic mass is 16.7. The van der Waals surface area contributed by atoms with Crippen molar-refractivity contribution in [2.75, 3.05) is 13.2 Å². The molecule has 5 heteroatoms. The molecule has 0 radical (unpaired) electrons. The van der Waals surface area contributed by atoms with Crippen LogP contribution in [0.1, 0.15) is 72.6 Å². The summed E-state index contributed by atoms with van der Waals surface area (Å²) in [5.74, 6) is 0.341. The van der Waals surface area contributed by atoms with Crippen LogP contribution in [-0.4, -0.2) is 37.4 Å². The quantitative estimate of drug-likeness (QED) is 0.534. The molecule has 0 aromatic rings. The van der Waals surface area contributed by atoms with Crippen molar-refractivity contribution in [2.45, 2.75) is 84.5 Å². The monoisotopic (exact) mass is 392 g/mol. The maximum atomic E-state index is 12.4. The van der Waals surface area contributed by atoms with Crippen LogP contribution in [0.4, 0.5) is 0 Å². The molecule has 0 aromatic heterocycles. The molecule has 4 fully saturated rings. The Morgan fingerprint density at radius 3 is 2.36 bits per heavy atom. The summed E-state index contributed by atoms with van der Waals surface area (Å²) in [6, 6.07) is 0. The van der Waals surface area contributed by atoms with Gasteiger partial charge >= 0.3 is 5.97 Å². The zero-order valence-corrected chi connectivity index (χ0v) is 17.9. The van der Waals surface area contributed by atoms with Crippen LogP contribution in [0.5, 0.6) is 0 Å². The van der Waals surface area contributed by atoms with Gasteiger partial charge < -0.3 is 19.0 Å². The summed E-state index contributed by atoms with van der Waals surface area (Å²) >= 11 is 0. The third kappa shape index (κ3) is 2.87. The maximum Gasteiger partial charge on any atom is 0.302 e. The molecule has 7 atom stereocenters. The Labute approximate surface area is 168 Å². The summed E-state index contributed by atoms with van der Waals surface area (Å²) in [5, 5.41) is 0. The molecule has 1 spiro atoms. The number of esters is 1. The van der Waals surface area contributed by atoms with Gasteiger partial charge in [-0.3, -0.25) is 4.79 Å². The maximum absolute atomic E-state index is 12.4. The standard InChI is InChI=1S/C23H36O5/c1-15-5-8-21(3,20(13-15)28-16(2)25)18-6-9-22(4)19(17(18)14-24)7-10-23(22)26-11-12-27-23/h14-15,17-20H,5-13H2,1-4H3/t15-,17+,18?,19?,20-,21+,22-/m0/s1. The highest BCUT2D eigenvalue weighted by Gasteiger charge is 2.66. The van der Waals surface area contributed by atoms with E-state index in [1.54, 1.807) is 0 Å². The highest BCUT2D eigenvalue weighted by Crippen LogP contribution is 2.66. The van der Waals surface area contributed by atoms with Crippen molar-refractivity contribution in [3.05, 3.63) is 0 Å². The van der Waals surface area contributed by atoms with Crippen molar-refractivity contribution in [3.63, 3.8) is 0 Å². The Morgan fingerprint density at radius 1 is 1.04 bits per heavy atom. The lowest BCUT2D eigenvalue weighted by molar-refractivity contribution is -0.243. The summed E-state index contributed by atoms with van der Waals surface area (Å²) in [7, 11) is 0. The normalized spacial score (nSPS) is 47.6. The van der Waals surface area contributed by atoms with E-state index >= 15 is 0 Å². The second-order valence-electron chi connectivity index (χ2n) is 10.4. The first-order valence-electron chi connectivity index (χ1n) is 11.2. The third-order valence-corrected chi connectivity index (χ3v) is 8.97. The van der Waals surface area contributed by atoms with Crippen molar-refractivity contribution < 1.29 is 23.8 Å². The summed E-state index contributed by atoms with van der Waals surface area (Å²) in [6.45, 7) is 9.59. The summed E-state index contributed by atoms with van der Waals surface area (Å²) < 4.78 is 18.2. The lowest BCUT2D eigenvalue weighted by Crippen LogP contribution is -2.56. The molecule has 4 rings (SSSR count). The summed E-state index contributed by atoms with van der Waals surface area (Å²) in [5.41, 5.74) is -0.251.